The lowest BCUT2D eigenvalue weighted by Gasteiger charge is -2.26. The van der Waals surface area contributed by atoms with Crippen molar-refractivity contribution in [3.05, 3.63) is 72.3 Å². The summed E-state index contributed by atoms with van der Waals surface area (Å²) in [5, 5.41) is 10.9. The molecular formula is C21H22N4O3S3. The minimum absolute atomic E-state index is 0.114. The fraction of sp³-hybridized carbons (Fsp3) is 0.190. The number of aromatic nitrogens is 2. The second-order valence-corrected chi connectivity index (χ2v) is 10.7. The van der Waals surface area contributed by atoms with Crippen molar-refractivity contribution in [1.29, 1.82) is 0 Å². The Kier molecular flexibility index (Phi) is 7.47. The Morgan fingerprint density at radius 3 is 2.61 bits per heavy atom. The summed E-state index contributed by atoms with van der Waals surface area (Å²) in [4.78, 5) is 12.9. The van der Waals surface area contributed by atoms with Crippen LogP contribution in [0.1, 0.15) is 11.1 Å². The first kappa shape index (κ1) is 23.0. The van der Waals surface area contributed by atoms with Gasteiger partial charge in [-0.2, -0.15) is 0 Å². The number of aryl methyl sites for hydroxylation is 1. The molecule has 0 fully saturated rings. The number of amides is 1. The lowest BCUT2D eigenvalue weighted by atomic mass is 10.1. The molecule has 1 heterocycles. The third-order valence-corrected chi connectivity index (χ3v) is 8.18. The highest BCUT2D eigenvalue weighted by molar-refractivity contribution is 8.01. The molecule has 0 bridgehead atoms. The summed E-state index contributed by atoms with van der Waals surface area (Å²) in [7, 11) is -3.96. The molecule has 0 spiro atoms. The van der Waals surface area contributed by atoms with Gasteiger partial charge in [0, 0.05) is 5.75 Å². The van der Waals surface area contributed by atoms with Crippen molar-refractivity contribution >= 4 is 49.8 Å². The molecule has 0 aliphatic heterocycles. The lowest BCUT2D eigenvalue weighted by molar-refractivity contribution is -0.114. The van der Waals surface area contributed by atoms with E-state index in [2.05, 4.69) is 22.1 Å². The van der Waals surface area contributed by atoms with Crippen molar-refractivity contribution in [3.8, 4) is 0 Å². The van der Waals surface area contributed by atoms with Gasteiger partial charge in [-0.25, -0.2) is 8.42 Å². The van der Waals surface area contributed by atoms with E-state index in [9.17, 15) is 13.2 Å². The molecule has 3 aromatic rings. The number of anilines is 2. The molecule has 1 N–H and O–H groups in total. The summed E-state index contributed by atoms with van der Waals surface area (Å²) in [6.07, 6.45) is 1.75. The number of thioether (sulfide) groups is 1. The maximum atomic E-state index is 13.4. The van der Waals surface area contributed by atoms with Gasteiger partial charge in [-0.1, -0.05) is 59.5 Å². The highest BCUT2D eigenvalue weighted by Gasteiger charge is 2.28. The van der Waals surface area contributed by atoms with E-state index in [1.165, 1.54) is 35.2 Å². The van der Waals surface area contributed by atoms with Crippen LogP contribution in [0.15, 0.2) is 70.4 Å². The van der Waals surface area contributed by atoms with E-state index in [0.717, 1.165) is 15.4 Å². The summed E-state index contributed by atoms with van der Waals surface area (Å²) in [5.74, 6) is 0.176. The van der Waals surface area contributed by atoms with Gasteiger partial charge in [0.1, 0.15) is 6.54 Å². The molecule has 0 saturated carbocycles. The molecule has 0 atom stereocenters. The molecule has 3 rings (SSSR count). The van der Waals surface area contributed by atoms with Crippen molar-refractivity contribution in [1.82, 2.24) is 10.2 Å². The fourth-order valence-electron chi connectivity index (χ4n) is 2.76. The van der Waals surface area contributed by atoms with Crippen molar-refractivity contribution in [2.75, 3.05) is 21.9 Å². The highest BCUT2D eigenvalue weighted by Crippen LogP contribution is 2.29. The van der Waals surface area contributed by atoms with Crippen LogP contribution in [0.25, 0.3) is 0 Å². The van der Waals surface area contributed by atoms with Crippen LogP contribution in [0.5, 0.6) is 0 Å². The molecule has 162 valence electrons. The third-order valence-electron chi connectivity index (χ3n) is 4.44. The Labute approximate surface area is 190 Å². The molecule has 0 unspecified atom stereocenters. The van der Waals surface area contributed by atoms with E-state index in [1.54, 1.807) is 36.4 Å². The number of nitrogens with one attached hydrogen (secondary N) is 1. The molecular weight excluding hydrogens is 452 g/mol. The van der Waals surface area contributed by atoms with Crippen molar-refractivity contribution < 1.29 is 13.2 Å². The van der Waals surface area contributed by atoms with Crippen LogP contribution >= 0.6 is 23.1 Å². The third kappa shape index (κ3) is 5.52. The van der Waals surface area contributed by atoms with Crippen LogP contribution < -0.4 is 9.62 Å². The fourth-order valence-corrected chi connectivity index (χ4v) is 5.79. The van der Waals surface area contributed by atoms with Gasteiger partial charge in [0.25, 0.3) is 10.0 Å². The quantitative estimate of drug-likeness (QED) is 0.283. The van der Waals surface area contributed by atoms with E-state index >= 15 is 0 Å². The predicted molar refractivity (Wildman–Crippen MR) is 126 cm³/mol. The number of benzene rings is 2. The predicted octanol–water partition coefficient (Wildman–Crippen LogP) is 4.27. The number of nitrogens with zero attached hydrogens (tertiary/aromatic N) is 3. The number of sulfonamides is 1. The summed E-state index contributed by atoms with van der Waals surface area (Å²) in [6, 6.07) is 13.4. The molecule has 0 aliphatic rings. The maximum Gasteiger partial charge on any atom is 0.264 e. The zero-order chi connectivity index (χ0) is 22.4. The van der Waals surface area contributed by atoms with E-state index < -0.39 is 22.5 Å². The monoisotopic (exact) mass is 474 g/mol. The first-order valence-electron chi connectivity index (χ1n) is 9.34. The van der Waals surface area contributed by atoms with Crippen molar-refractivity contribution in [3.63, 3.8) is 0 Å². The summed E-state index contributed by atoms with van der Waals surface area (Å²) >= 11 is 2.68. The average Bonchev–Trinajstić information content (AvgIpc) is 3.20. The summed E-state index contributed by atoms with van der Waals surface area (Å²) in [5.41, 5.74) is 2.17. The second-order valence-electron chi connectivity index (χ2n) is 6.56. The van der Waals surface area contributed by atoms with Crippen LogP contribution in [0.2, 0.25) is 0 Å². The van der Waals surface area contributed by atoms with Crippen LogP contribution in [-0.4, -0.2) is 36.8 Å². The highest BCUT2D eigenvalue weighted by atomic mass is 32.2. The molecule has 0 saturated heterocycles. The van der Waals surface area contributed by atoms with Gasteiger partial charge in [0.05, 0.1) is 10.6 Å². The number of rotatable bonds is 9. The van der Waals surface area contributed by atoms with E-state index in [-0.39, 0.29) is 4.90 Å². The normalized spacial score (nSPS) is 11.2. The molecule has 7 nitrogen and oxygen atoms in total. The Morgan fingerprint density at radius 2 is 1.90 bits per heavy atom. The largest absolute Gasteiger partial charge is 0.299 e. The van der Waals surface area contributed by atoms with Crippen LogP contribution in [0, 0.1) is 13.8 Å². The molecule has 1 aromatic heterocycles. The smallest absolute Gasteiger partial charge is 0.264 e. The van der Waals surface area contributed by atoms with E-state index in [1.807, 2.05) is 19.9 Å². The Hall–Kier alpha value is -2.69. The average molecular weight is 475 g/mol. The van der Waals surface area contributed by atoms with Gasteiger partial charge in [-0.3, -0.25) is 14.4 Å². The Morgan fingerprint density at radius 1 is 1.16 bits per heavy atom. The van der Waals surface area contributed by atoms with Gasteiger partial charge < -0.3 is 0 Å². The Balaban J connectivity index is 1.90. The first-order valence-corrected chi connectivity index (χ1v) is 12.6. The van der Waals surface area contributed by atoms with Gasteiger partial charge in [0.2, 0.25) is 11.0 Å². The zero-order valence-electron chi connectivity index (χ0n) is 17.1. The number of hydrogen-bond donors (Lipinski definition) is 1. The molecule has 1 amide bonds. The van der Waals surface area contributed by atoms with Gasteiger partial charge in [-0.05, 0) is 43.2 Å². The van der Waals surface area contributed by atoms with Crippen LogP contribution in [-0.2, 0) is 14.8 Å². The molecule has 31 heavy (non-hydrogen) atoms. The molecule has 0 aliphatic carbocycles. The van der Waals surface area contributed by atoms with Crippen LogP contribution in [0.4, 0.5) is 10.8 Å². The number of carbonyl (C=O) groups excluding carboxylic acids is 1. The number of carbonyl (C=O) groups is 1. The summed E-state index contributed by atoms with van der Waals surface area (Å²) in [6.45, 7) is 7.00. The van der Waals surface area contributed by atoms with E-state index in [0.29, 0.717) is 20.9 Å². The molecule has 2 aromatic carbocycles. The minimum Gasteiger partial charge on any atom is -0.299 e. The molecule has 0 radical (unpaired) electrons. The van der Waals surface area contributed by atoms with Crippen molar-refractivity contribution in [2.24, 2.45) is 0 Å². The maximum absolute atomic E-state index is 13.4. The van der Waals surface area contributed by atoms with Crippen LogP contribution in [0.3, 0.4) is 0 Å². The topological polar surface area (TPSA) is 92.3 Å². The zero-order valence-corrected chi connectivity index (χ0v) is 19.6. The Bertz CT molecular complexity index is 1180. The standard InChI is InChI=1S/C21H22N4O3S3/c1-4-13-29-21-24-23-20(30-21)22-19(26)14-25(18-12-8-9-15(2)16(18)3)31(27,28)17-10-6-5-7-11-17/h4-12H,1,13-14H2,2-3H3,(H,22,23,26). The SMILES string of the molecule is C=CCSc1nnc(NC(=O)CN(c2cccc(C)c2C)S(=O)(=O)c2ccccc2)s1. The minimum atomic E-state index is -3.96. The molecule has 10 heteroatoms. The van der Waals surface area contributed by atoms with Gasteiger partial charge in [-0.15, -0.1) is 16.8 Å². The lowest BCUT2D eigenvalue weighted by Crippen LogP contribution is -2.38. The van der Waals surface area contributed by atoms with Gasteiger partial charge >= 0.3 is 0 Å². The second kappa shape index (κ2) is 10.1. The number of hydrogen-bond acceptors (Lipinski definition) is 7. The summed E-state index contributed by atoms with van der Waals surface area (Å²) < 4.78 is 28.7. The first-order chi connectivity index (χ1) is 14.8. The van der Waals surface area contributed by atoms with Gasteiger partial charge in [0.15, 0.2) is 4.34 Å². The van der Waals surface area contributed by atoms with E-state index in [4.69, 9.17) is 0 Å². The van der Waals surface area contributed by atoms with Crippen molar-refractivity contribution in [2.45, 2.75) is 23.1 Å².